The van der Waals surface area contributed by atoms with E-state index in [9.17, 15) is 0 Å². The first kappa shape index (κ1) is 15.6. The van der Waals surface area contributed by atoms with Gasteiger partial charge in [0.1, 0.15) is 0 Å². The standard InChI is InChI=1S/C22H25N/c1-15-12-16(2)14-18(13-15)20-10-11-23-21(20)17-6-8-19(9-7-17)22(3,4)5/h6-14,23H,1-5H3. The molecule has 0 bridgehead atoms. The van der Waals surface area contributed by atoms with Gasteiger partial charge in [-0.15, -0.1) is 0 Å². The van der Waals surface area contributed by atoms with Gasteiger partial charge < -0.3 is 4.98 Å². The van der Waals surface area contributed by atoms with Crippen molar-refractivity contribution in [2.45, 2.75) is 40.0 Å². The maximum atomic E-state index is 3.42. The number of aryl methyl sites for hydroxylation is 2. The van der Waals surface area contributed by atoms with Crippen molar-refractivity contribution in [3.05, 3.63) is 71.4 Å². The van der Waals surface area contributed by atoms with Crippen LogP contribution in [0.3, 0.4) is 0 Å². The van der Waals surface area contributed by atoms with E-state index in [1.54, 1.807) is 0 Å². The van der Waals surface area contributed by atoms with Crippen molar-refractivity contribution in [1.29, 1.82) is 0 Å². The molecule has 2 aromatic carbocycles. The topological polar surface area (TPSA) is 15.8 Å². The van der Waals surface area contributed by atoms with E-state index < -0.39 is 0 Å². The van der Waals surface area contributed by atoms with Gasteiger partial charge in [-0.3, -0.25) is 0 Å². The van der Waals surface area contributed by atoms with Gasteiger partial charge in [0.15, 0.2) is 0 Å². The molecule has 0 radical (unpaired) electrons. The van der Waals surface area contributed by atoms with Crippen LogP contribution in [-0.2, 0) is 5.41 Å². The van der Waals surface area contributed by atoms with E-state index in [4.69, 9.17) is 0 Å². The third-order valence-electron chi connectivity index (χ3n) is 4.32. The Morgan fingerprint density at radius 1 is 0.739 bits per heavy atom. The van der Waals surface area contributed by atoms with E-state index in [-0.39, 0.29) is 5.41 Å². The Bertz CT molecular complexity index is 794. The van der Waals surface area contributed by atoms with Crippen molar-refractivity contribution in [3.8, 4) is 22.4 Å². The predicted molar refractivity (Wildman–Crippen MR) is 99.8 cm³/mol. The van der Waals surface area contributed by atoms with Gasteiger partial charge in [-0.25, -0.2) is 0 Å². The average molecular weight is 303 g/mol. The minimum Gasteiger partial charge on any atom is -0.361 e. The van der Waals surface area contributed by atoms with Crippen LogP contribution in [0.15, 0.2) is 54.7 Å². The van der Waals surface area contributed by atoms with Crippen LogP contribution >= 0.6 is 0 Å². The summed E-state index contributed by atoms with van der Waals surface area (Å²) in [5.74, 6) is 0. The molecule has 0 aliphatic rings. The van der Waals surface area contributed by atoms with E-state index in [1.165, 1.54) is 39.1 Å². The second-order valence-electron chi connectivity index (χ2n) is 7.47. The van der Waals surface area contributed by atoms with Crippen LogP contribution in [0, 0.1) is 13.8 Å². The fraction of sp³-hybridized carbons (Fsp3) is 0.273. The molecule has 0 spiro atoms. The molecule has 0 aliphatic heterocycles. The van der Waals surface area contributed by atoms with E-state index in [0.717, 1.165) is 0 Å². The molecule has 0 aliphatic carbocycles. The molecular formula is C22H25N. The van der Waals surface area contributed by atoms with Crippen molar-refractivity contribution < 1.29 is 0 Å². The van der Waals surface area contributed by atoms with Gasteiger partial charge >= 0.3 is 0 Å². The first-order valence-electron chi connectivity index (χ1n) is 8.21. The van der Waals surface area contributed by atoms with E-state index in [1.807, 2.05) is 6.20 Å². The lowest BCUT2D eigenvalue weighted by molar-refractivity contribution is 0.590. The number of nitrogens with one attached hydrogen (secondary N) is 1. The second-order valence-corrected chi connectivity index (χ2v) is 7.47. The van der Waals surface area contributed by atoms with Gasteiger partial charge in [-0.05, 0) is 42.0 Å². The Labute approximate surface area is 139 Å². The van der Waals surface area contributed by atoms with Crippen LogP contribution in [0.1, 0.15) is 37.5 Å². The Kier molecular flexibility index (Phi) is 3.89. The Balaban J connectivity index is 2.04. The zero-order valence-electron chi connectivity index (χ0n) is 14.7. The average Bonchev–Trinajstić information content (AvgIpc) is 2.95. The Hall–Kier alpha value is -2.28. The summed E-state index contributed by atoms with van der Waals surface area (Å²) in [4.78, 5) is 3.42. The highest BCUT2D eigenvalue weighted by atomic mass is 14.7. The summed E-state index contributed by atoms with van der Waals surface area (Å²) in [5, 5.41) is 0. The third kappa shape index (κ3) is 3.24. The minimum atomic E-state index is 0.185. The largest absolute Gasteiger partial charge is 0.361 e. The summed E-state index contributed by atoms with van der Waals surface area (Å²) < 4.78 is 0. The van der Waals surface area contributed by atoms with Crippen molar-refractivity contribution in [1.82, 2.24) is 4.98 Å². The highest BCUT2D eigenvalue weighted by molar-refractivity contribution is 5.81. The van der Waals surface area contributed by atoms with Crippen LogP contribution in [0.5, 0.6) is 0 Å². The molecule has 1 N–H and O–H groups in total. The molecule has 1 aromatic heterocycles. The summed E-state index contributed by atoms with van der Waals surface area (Å²) in [6.45, 7) is 11.1. The lowest BCUT2D eigenvalue weighted by atomic mass is 9.86. The first-order valence-corrected chi connectivity index (χ1v) is 8.21. The summed E-state index contributed by atoms with van der Waals surface area (Å²) in [7, 11) is 0. The molecule has 118 valence electrons. The number of rotatable bonds is 2. The summed E-state index contributed by atoms with van der Waals surface area (Å²) in [6, 6.07) is 17.8. The summed E-state index contributed by atoms with van der Waals surface area (Å²) in [5.41, 5.74) is 9.11. The van der Waals surface area contributed by atoms with Gasteiger partial charge in [0.05, 0.1) is 5.69 Å². The van der Waals surface area contributed by atoms with Crippen LogP contribution < -0.4 is 0 Å². The van der Waals surface area contributed by atoms with E-state index >= 15 is 0 Å². The lowest BCUT2D eigenvalue weighted by Gasteiger charge is -2.19. The van der Waals surface area contributed by atoms with Gasteiger partial charge in [-0.1, -0.05) is 74.4 Å². The van der Waals surface area contributed by atoms with Gasteiger partial charge in [-0.2, -0.15) is 0 Å². The molecule has 0 saturated heterocycles. The van der Waals surface area contributed by atoms with Crippen molar-refractivity contribution in [2.75, 3.05) is 0 Å². The molecule has 0 amide bonds. The number of benzene rings is 2. The number of hydrogen-bond donors (Lipinski definition) is 1. The van der Waals surface area contributed by atoms with Crippen LogP contribution in [0.4, 0.5) is 0 Å². The molecule has 1 nitrogen and oxygen atoms in total. The molecule has 1 heteroatoms. The molecule has 0 saturated carbocycles. The molecule has 23 heavy (non-hydrogen) atoms. The minimum absolute atomic E-state index is 0.185. The monoisotopic (exact) mass is 303 g/mol. The number of aromatic nitrogens is 1. The van der Waals surface area contributed by atoms with E-state index in [2.05, 4.69) is 88.1 Å². The number of H-pyrrole nitrogens is 1. The smallest absolute Gasteiger partial charge is 0.0533 e. The molecule has 3 aromatic rings. The van der Waals surface area contributed by atoms with E-state index in [0.29, 0.717) is 0 Å². The Morgan fingerprint density at radius 3 is 1.91 bits per heavy atom. The quantitative estimate of drug-likeness (QED) is 0.575. The molecule has 0 fully saturated rings. The molecular weight excluding hydrogens is 278 g/mol. The summed E-state index contributed by atoms with van der Waals surface area (Å²) in [6.07, 6.45) is 2.03. The van der Waals surface area contributed by atoms with Crippen LogP contribution in [0.2, 0.25) is 0 Å². The number of aromatic amines is 1. The zero-order chi connectivity index (χ0) is 16.6. The SMILES string of the molecule is Cc1cc(C)cc(-c2cc[nH]c2-c2ccc(C(C)(C)C)cc2)c1. The van der Waals surface area contributed by atoms with Crippen molar-refractivity contribution >= 4 is 0 Å². The maximum Gasteiger partial charge on any atom is 0.0533 e. The molecule has 1 heterocycles. The molecule has 0 unspecified atom stereocenters. The third-order valence-corrected chi connectivity index (χ3v) is 4.32. The Morgan fingerprint density at radius 2 is 1.35 bits per heavy atom. The van der Waals surface area contributed by atoms with Gasteiger partial charge in [0.2, 0.25) is 0 Å². The second kappa shape index (κ2) is 5.73. The van der Waals surface area contributed by atoms with Crippen molar-refractivity contribution in [2.24, 2.45) is 0 Å². The highest BCUT2D eigenvalue weighted by Gasteiger charge is 2.14. The van der Waals surface area contributed by atoms with Gasteiger partial charge in [0, 0.05) is 11.8 Å². The van der Waals surface area contributed by atoms with Gasteiger partial charge in [0.25, 0.3) is 0 Å². The first-order chi connectivity index (χ1) is 10.8. The summed E-state index contributed by atoms with van der Waals surface area (Å²) >= 11 is 0. The zero-order valence-corrected chi connectivity index (χ0v) is 14.7. The van der Waals surface area contributed by atoms with Crippen LogP contribution in [-0.4, -0.2) is 4.98 Å². The molecule has 0 atom stereocenters. The fourth-order valence-corrected chi connectivity index (χ4v) is 3.12. The highest BCUT2D eigenvalue weighted by Crippen LogP contribution is 2.33. The molecule has 3 rings (SSSR count). The normalized spacial score (nSPS) is 11.7. The van der Waals surface area contributed by atoms with Crippen LogP contribution in [0.25, 0.3) is 22.4 Å². The van der Waals surface area contributed by atoms with Crippen molar-refractivity contribution in [3.63, 3.8) is 0 Å². The maximum absolute atomic E-state index is 3.42. The lowest BCUT2D eigenvalue weighted by Crippen LogP contribution is -2.10. The fourth-order valence-electron chi connectivity index (χ4n) is 3.12. The number of hydrogen-bond acceptors (Lipinski definition) is 0. The predicted octanol–water partition coefficient (Wildman–Crippen LogP) is 6.26.